The van der Waals surface area contributed by atoms with Gasteiger partial charge in [0, 0.05) is 30.4 Å². The number of rotatable bonds is 2. The number of hydrogen-bond donors (Lipinski definition) is 0. The van der Waals surface area contributed by atoms with Gasteiger partial charge in [0.25, 0.3) is 11.8 Å². The minimum absolute atomic E-state index is 0.0620. The molecule has 1 saturated heterocycles. The predicted molar refractivity (Wildman–Crippen MR) is 119 cm³/mol. The topological polar surface area (TPSA) is 84.0 Å². The first kappa shape index (κ1) is 20.9. The second-order valence-corrected chi connectivity index (χ2v) is 9.57. The van der Waals surface area contributed by atoms with E-state index >= 15 is 0 Å². The maximum absolute atomic E-state index is 12.9. The van der Waals surface area contributed by atoms with E-state index in [9.17, 15) is 19.2 Å². The molecular formula is C24H21BrN2O5. The number of benzene rings is 2. The van der Waals surface area contributed by atoms with E-state index in [0.29, 0.717) is 59.3 Å². The molecule has 3 aliphatic rings. The van der Waals surface area contributed by atoms with Crippen molar-refractivity contribution < 1.29 is 23.9 Å². The number of piperidine rings is 1. The highest BCUT2D eigenvalue weighted by Crippen LogP contribution is 2.39. The number of likely N-dealkylation sites (tertiary alicyclic amines) is 1. The normalized spacial score (nSPS) is 19.1. The molecule has 0 radical (unpaired) electrons. The van der Waals surface area contributed by atoms with Gasteiger partial charge in [0.15, 0.2) is 5.78 Å². The van der Waals surface area contributed by atoms with Gasteiger partial charge in [-0.25, -0.2) is 0 Å². The van der Waals surface area contributed by atoms with Crippen LogP contribution in [0.1, 0.15) is 55.9 Å². The maximum atomic E-state index is 12.9. The van der Waals surface area contributed by atoms with Crippen LogP contribution in [0.2, 0.25) is 0 Å². The summed E-state index contributed by atoms with van der Waals surface area (Å²) in [4.78, 5) is 53.5. The number of amides is 3. The number of carbonyl (C=O) groups excluding carboxylic acids is 4. The largest absolute Gasteiger partial charge is 0.486 e. The molecule has 32 heavy (non-hydrogen) atoms. The van der Waals surface area contributed by atoms with Crippen LogP contribution in [0.15, 0.2) is 40.9 Å². The monoisotopic (exact) mass is 496 g/mol. The molecule has 3 aliphatic heterocycles. The summed E-state index contributed by atoms with van der Waals surface area (Å²) in [7, 11) is 0. The summed E-state index contributed by atoms with van der Waals surface area (Å²) in [6, 6.07) is 10.5. The Morgan fingerprint density at radius 3 is 2.47 bits per heavy atom. The maximum Gasteiger partial charge on any atom is 0.262 e. The smallest absolute Gasteiger partial charge is 0.262 e. The fourth-order valence-corrected chi connectivity index (χ4v) is 5.05. The van der Waals surface area contributed by atoms with Crippen LogP contribution in [0.3, 0.4) is 0 Å². The second-order valence-electron chi connectivity index (χ2n) is 8.65. The minimum Gasteiger partial charge on any atom is -0.486 e. The van der Waals surface area contributed by atoms with Gasteiger partial charge in [0.2, 0.25) is 5.91 Å². The van der Waals surface area contributed by atoms with Gasteiger partial charge < -0.3 is 9.64 Å². The Bertz CT molecular complexity index is 1180. The molecule has 2 aromatic rings. The molecule has 0 atom stereocenters. The fourth-order valence-electron chi connectivity index (χ4n) is 4.69. The zero-order valence-corrected chi connectivity index (χ0v) is 19.1. The highest BCUT2D eigenvalue weighted by molar-refractivity contribution is 9.10. The van der Waals surface area contributed by atoms with Crippen molar-refractivity contribution in [1.29, 1.82) is 0 Å². The zero-order valence-electron chi connectivity index (χ0n) is 17.5. The number of Topliss-reactive ketones (excluding diaryl/α,β-unsaturated/α-hetero) is 1. The highest BCUT2D eigenvalue weighted by atomic mass is 79.9. The van der Waals surface area contributed by atoms with Crippen LogP contribution >= 0.6 is 15.9 Å². The van der Waals surface area contributed by atoms with Crippen LogP contribution in [-0.4, -0.2) is 58.5 Å². The van der Waals surface area contributed by atoms with Gasteiger partial charge in [-0.05, 0) is 37.3 Å². The molecule has 5 rings (SSSR count). The van der Waals surface area contributed by atoms with Crippen molar-refractivity contribution in [2.75, 3.05) is 19.6 Å². The molecule has 0 saturated carbocycles. The van der Waals surface area contributed by atoms with Crippen molar-refractivity contribution in [2.24, 2.45) is 0 Å². The zero-order chi connectivity index (χ0) is 22.6. The lowest BCUT2D eigenvalue weighted by Gasteiger charge is -2.44. The van der Waals surface area contributed by atoms with Gasteiger partial charge in [-0.3, -0.25) is 24.1 Å². The fraction of sp³-hybridized carbons (Fsp3) is 0.333. The van der Waals surface area contributed by atoms with Crippen molar-refractivity contribution in [3.05, 3.63) is 63.1 Å². The average molecular weight is 497 g/mol. The summed E-state index contributed by atoms with van der Waals surface area (Å²) in [6.07, 6.45) is 1.33. The third kappa shape index (κ3) is 3.43. The molecule has 0 bridgehead atoms. The van der Waals surface area contributed by atoms with E-state index in [4.69, 9.17) is 4.74 Å². The Balaban J connectivity index is 1.25. The Hall–Kier alpha value is -3.00. The summed E-state index contributed by atoms with van der Waals surface area (Å²) < 4.78 is 6.95. The number of ketones is 1. The summed E-state index contributed by atoms with van der Waals surface area (Å²) in [5.41, 5.74) is 1.63. The van der Waals surface area contributed by atoms with E-state index in [-0.39, 0.29) is 18.2 Å². The van der Waals surface area contributed by atoms with Gasteiger partial charge in [-0.1, -0.05) is 27.6 Å². The van der Waals surface area contributed by atoms with Crippen LogP contribution in [0.4, 0.5) is 0 Å². The van der Waals surface area contributed by atoms with Gasteiger partial charge in [0.05, 0.1) is 23.1 Å². The number of nitrogens with zero attached hydrogens (tertiary/aromatic N) is 2. The van der Waals surface area contributed by atoms with E-state index in [0.717, 1.165) is 10.5 Å². The molecule has 2 aromatic carbocycles. The number of carbonyl (C=O) groups is 4. The van der Waals surface area contributed by atoms with E-state index in [2.05, 4.69) is 15.9 Å². The third-order valence-corrected chi connectivity index (χ3v) is 6.99. The summed E-state index contributed by atoms with van der Waals surface area (Å²) in [5.74, 6) is -0.531. The molecule has 7 nitrogen and oxygen atoms in total. The van der Waals surface area contributed by atoms with Crippen molar-refractivity contribution in [3.63, 3.8) is 0 Å². The lowest BCUT2D eigenvalue weighted by atomic mass is 9.82. The van der Waals surface area contributed by atoms with E-state index in [1.807, 2.05) is 25.1 Å². The molecule has 0 aromatic heterocycles. The van der Waals surface area contributed by atoms with Crippen LogP contribution in [-0.2, 0) is 4.79 Å². The SMILES string of the molecule is Cc1ccc2c(c1)C(=O)CC1(CCN(C(=O)CN3C(=O)c4ccc(Br)cc4C3=O)CC1)O2. The molecule has 3 heterocycles. The van der Waals surface area contributed by atoms with Gasteiger partial charge in [0.1, 0.15) is 17.9 Å². The number of hydrogen-bond acceptors (Lipinski definition) is 5. The quantitative estimate of drug-likeness (QED) is 0.595. The minimum atomic E-state index is -0.613. The number of aryl methyl sites for hydroxylation is 1. The lowest BCUT2D eigenvalue weighted by Crippen LogP contribution is -2.54. The molecule has 1 spiro atoms. The number of ether oxygens (including phenoxy) is 1. The van der Waals surface area contributed by atoms with Gasteiger partial charge >= 0.3 is 0 Å². The number of halogens is 1. The van der Waals surface area contributed by atoms with Gasteiger partial charge in [-0.15, -0.1) is 0 Å². The van der Waals surface area contributed by atoms with Crippen molar-refractivity contribution in [3.8, 4) is 5.75 Å². The highest BCUT2D eigenvalue weighted by Gasteiger charge is 2.44. The molecular weight excluding hydrogens is 476 g/mol. The van der Waals surface area contributed by atoms with E-state index < -0.39 is 17.4 Å². The van der Waals surface area contributed by atoms with Crippen LogP contribution < -0.4 is 4.74 Å². The van der Waals surface area contributed by atoms with Crippen LogP contribution in [0, 0.1) is 6.92 Å². The molecule has 3 amide bonds. The second kappa shape index (κ2) is 7.55. The Morgan fingerprint density at radius 2 is 1.72 bits per heavy atom. The van der Waals surface area contributed by atoms with Gasteiger partial charge in [-0.2, -0.15) is 0 Å². The number of imide groups is 1. The Morgan fingerprint density at radius 1 is 1.00 bits per heavy atom. The summed E-state index contributed by atoms with van der Waals surface area (Å²) in [6.45, 7) is 2.46. The van der Waals surface area contributed by atoms with Crippen molar-refractivity contribution in [1.82, 2.24) is 9.80 Å². The van der Waals surface area contributed by atoms with Crippen molar-refractivity contribution >= 4 is 39.4 Å². The first-order valence-electron chi connectivity index (χ1n) is 10.5. The van der Waals surface area contributed by atoms with E-state index in [1.54, 1.807) is 23.1 Å². The standard InChI is InChI=1S/C24H21BrN2O5/c1-14-2-5-20-18(10-14)19(28)12-24(32-20)6-8-26(9-7-24)21(29)13-27-22(30)16-4-3-15(25)11-17(16)23(27)31/h2-5,10-11H,6-9,12-13H2,1H3. The first-order valence-corrected chi connectivity index (χ1v) is 11.3. The molecule has 0 N–H and O–H groups in total. The molecule has 8 heteroatoms. The van der Waals surface area contributed by atoms with E-state index in [1.165, 1.54) is 0 Å². The first-order chi connectivity index (χ1) is 15.3. The lowest BCUT2D eigenvalue weighted by molar-refractivity contribution is -0.135. The predicted octanol–water partition coefficient (Wildman–Crippen LogP) is 3.38. The molecule has 0 aliphatic carbocycles. The molecule has 164 valence electrons. The summed E-state index contributed by atoms with van der Waals surface area (Å²) >= 11 is 3.31. The summed E-state index contributed by atoms with van der Waals surface area (Å²) in [5, 5.41) is 0. The Labute approximate surface area is 193 Å². The Kier molecular flexibility index (Phi) is 4.93. The number of fused-ring (bicyclic) bond motifs is 2. The molecule has 0 unspecified atom stereocenters. The van der Waals surface area contributed by atoms with Crippen molar-refractivity contribution in [2.45, 2.75) is 31.8 Å². The average Bonchev–Trinajstić information content (AvgIpc) is 2.99. The third-order valence-electron chi connectivity index (χ3n) is 6.50. The van der Waals surface area contributed by atoms with Crippen LogP contribution in [0.5, 0.6) is 5.75 Å². The molecule has 1 fully saturated rings. The van der Waals surface area contributed by atoms with Crippen LogP contribution in [0.25, 0.3) is 0 Å².